The number of nitrogens with zero attached hydrogens (tertiary/aromatic N) is 1. The number of aromatic nitrogens is 2. The van der Waals surface area contributed by atoms with Crippen LogP contribution in [0.25, 0.3) is 11.0 Å². The van der Waals surface area contributed by atoms with Gasteiger partial charge in [-0.15, -0.1) is 0 Å². The molecule has 122 valence electrons. The van der Waals surface area contributed by atoms with E-state index in [9.17, 15) is 9.59 Å². The van der Waals surface area contributed by atoms with Crippen LogP contribution < -0.4 is 16.3 Å². The molecule has 23 heavy (non-hydrogen) atoms. The predicted molar refractivity (Wildman–Crippen MR) is 87.1 cm³/mol. The maximum Gasteiger partial charge on any atom is 0.323 e. The van der Waals surface area contributed by atoms with Gasteiger partial charge < -0.3 is 25.5 Å². The lowest BCUT2D eigenvalue weighted by molar-refractivity contribution is -0.130. The topological polar surface area (TPSA) is 93.0 Å². The molecule has 2 aliphatic rings. The molecule has 0 unspecified atom stereocenters. The van der Waals surface area contributed by atoms with Gasteiger partial charge in [0.2, 0.25) is 5.91 Å². The number of fused-ring (bicyclic) bond motifs is 2. The molecule has 0 aliphatic carbocycles. The van der Waals surface area contributed by atoms with Gasteiger partial charge in [-0.3, -0.25) is 4.79 Å². The van der Waals surface area contributed by atoms with E-state index < -0.39 is 0 Å². The largest absolute Gasteiger partial charge is 0.351 e. The molecule has 7 nitrogen and oxygen atoms in total. The Kier molecular flexibility index (Phi) is 3.28. The molecule has 1 aromatic carbocycles. The van der Waals surface area contributed by atoms with Gasteiger partial charge in [-0.1, -0.05) is 6.07 Å². The molecule has 2 atom stereocenters. The first-order valence-electron chi connectivity index (χ1n) is 7.95. The summed E-state index contributed by atoms with van der Waals surface area (Å²) in [6.07, 6.45) is 0. The highest BCUT2D eigenvalue weighted by Crippen LogP contribution is 2.38. The number of H-pyrrole nitrogens is 2. The summed E-state index contributed by atoms with van der Waals surface area (Å²) in [5.74, 6) is 0.510. The van der Waals surface area contributed by atoms with Crippen LogP contribution in [-0.4, -0.2) is 54.0 Å². The molecular formula is C16H21N5O2. The van der Waals surface area contributed by atoms with Gasteiger partial charge in [-0.25, -0.2) is 4.79 Å². The summed E-state index contributed by atoms with van der Waals surface area (Å²) in [5.41, 5.74) is 2.00. The van der Waals surface area contributed by atoms with Gasteiger partial charge in [0.15, 0.2) is 0 Å². The Morgan fingerprint density at radius 2 is 2.22 bits per heavy atom. The Balaban J connectivity index is 1.49. The van der Waals surface area contributed by atoms with E-state index in [-0.39, 0.29) is 17.0 Å². The van der Waals surface area contributed by atoms with Gasteiger partial charge in [-0.05, 0) is 24.7 Å². The third-order valence-corrected chi connectivity index (χ3v) is 5.18. The van der Waals surface area contributed by atoms with Gasteiger partial charge in [-0.2, -0.15) is 0 Å². The molecule has 0 bridgehead atoms. The molecule has 7 heteroatoms. The number of rotatable bonds is 3. The number of hydrogen-bond donors (Lipinski definition) is 4. The van der Waals surface area contributed by atoms with Gasteiger partial charge in [0.05, 0.1) is 16.4 Å². The zero-order valence-corrected chi connectivity index (χ0v) is 13.1. The maximum absolute atomic E-state index is 12.8. The van der Waals surface area contributed by atoms with Crippen LogP contribution in [0.15, 0.2) is 23.0 Å². The average Bonchev–Trinajstić information content (AvgIpc) is 3.15. The van der Waals surface area contributed by atoms with Crippen LogP contribution in [0, 0.1) is 11.3 Å². The minimum absolute atomic E-state index is 0.125. The number of nitrogens with one attached hydrogen (secondary N) is 4. The highest BCUT2D eigenvalue weighted by Gasteiger charge is 2.53. The number of aromatic amines is 2. The molecule has 1 aromatic heterocycles. The van der Waals surface area contributed by atoms with Gasteiger partial charge in [0.25, 0.3) is 0 Å². The zero-order valence-electron chi connectivity index (χ0n) is 13.1. The highest BCUT2D eigenvalue weighted by molar-refractivity contribution is 5.84. The second-order valence-electron chi connectivity index (χ2n) is 6.82. The van der Waals surface area contributed by atoms with Crippen molar-refractivity contribution in [3.8, 4) is 0 Å². The van der Waals surface area contributed by atoms with Gasteiger partial charge in [0.1, 0.15) is 0 Å². The second-order valence-corrected chi connectivity index (χ2v) is 6.82. The number of hydrogen-bond acceptors (Lipinski definition) is 4. The van der Waals surface area contributed by atoms with Crippen molar-refractivity contribution >= 4 is 16.9 Å². The van der Waals surface area contributed by atoms with Crippen molar-refractivity contribution in [2.45, 2.75) is 6.54 Å². The maximum atomic E-state index is 12.8. The van der Waals surface area contributed by atoms with Crippen molar-refractivity contribution in [1.29, 1.82) is 0 Å². The summed E-state index contributed by atoms with van der Waals surface area (Å²) in [6.45, 7) is 3.91. The predicted octanol–water partition coefficient (Wildman–Crippen LogP) is -0.376. The molecule has 3 heterocycles. The number of benzene rings is 1. The van der Waals surface area contributed by atoms with E-state index in [1.165, 1.54) is 0 Å². The standard InChI is InChI=1S/C16H21N5O2/c1-21-7-11-6-17-8-16(11,9-21)14(22)18-5-10-2-3-12-13(4-10)20-15(23)19-12/h2-4,11,17H,5-9H2,1H3,(H,18,22)(H2,19,20,23)/t11-,16-/m1/s1. The first-order valence-corrected chi connectivity index (χ1v) is 7.95. The van der Waals surface area contributed by atoms with E-state index in [1.807, 2.05) is 18.2 Å². The van der Waals surface area contributed by atoms with E-state index in [4.69, 9.17) is 0 Å². The Hall–Kier alpha value is -2.12. The van der Waals surface area contributed by atoms with Crippen LogP contribution >= 0.6 is 0 Å². The van der Waals surface area contributed by atoms with Crippen LogP contribution in [-0.2, 0) is 11.3 Å². The van der Waals surface area contributed by atoms with Crippen LogP contribution in [0.4, 0.5) is 0 Å². The van der Waals surface area contributed by atoms with Crippen LogP contribution in [0.3, 0.4) is 0 Å². The van der Waals surface area contributed by atoms with E-state index in [2.05, 4.69) is 32.5 Å². The number of carbonyl (C=O) groups is 1. The Morgan fingerprint density at radius 3 is 3.09 bits per heavy atom. The fraction of sp³-hybridized carbons (Fsp3) is 0.500. The smallest absolute Gasteiger partial charge is 0.323 e. The molecule has 2 aromatic rings. The molecule has 2 saturated heterocycles. The fourth-order valence-corrected chi connectivity index (χ4v) is 4.04. The Bertz CT molecular complexity index is 810. The van der Waals surface area contributed by atoms with Crippen molar-refractivity contribution in [3.63, 3.8) is 0 Å². The summed E-state index contributed by atoms with van der Waals surface area (Å²) in [4.78, 5) is 31.8. The third kappa shape index (κ3) is 2.36. The first-order chi connectivity index (χ1) is 11.1. The normalized spacial score (nSPS) is 27.4. The summed E-state index contributed by atoms with van der Waals surface area (Å²) >= 11 is 0. The quantitative estimate of drug-likeness (QED) is 0.621. The average molecular weight is 315 g/mol. The lowest BCUT2D eigenvalue weighted by Crippen LogP contribution is -2.46. The molecule has 0 saturated carbocycles. The number of imidazole rings is 1. The van der Waals surface area contributed by atoms with Crippen molar-refractivity contribution in [3.05, 3.63) is 34.2 Å². The van der Waals surface area contributed by atoms with E-state index in [0.29, 0.717) is 12.5 Å². The molecule has 0 spiro atoms. The number of carbonyl (C=O) groups excluding carboxylic acids is 1. The summed E-state index contributed by atoms with van der Waals surface area (Å²) in [6, 6.07) is 5.68. The Morgan fingerprint density at radius 1 is 1.39 bits per heavy atom. The highest BCUT2D eigenvalue weighted by atomic mass is 16.2. The Labute approximate surface area is 133 Å². The summed E-state index contributed by atoms with van der Waals surface area (Å²) in [5, 5.41) is 6.45. The minimum Gasteiger partial charge on any atom is -0.351 e. The molecule has 0 radical (unpaired) electrons. The van der Waals surface area contributed by atoms with Crippen molar-refractivity contribution < 1.29 is 4.79 Å². The number of likely N-dealkylation sites (tertiary alicyclic amines) is 1. The van der Waals surface area contributed by atoms with Gasteiger partial charge in [0, 0.05) is 38.6 Å². The fourth-order valence-electron chi connectivity index (χ4n) is 4.04. The number of amides is 1. The molecule has 2 aliphatic heterocycles. The summed E-state index contributed by atoms with van der Waals surface area (Å²) < 4.78 is 0. The van der Waals surface area contributed by atoms with Crippen molar-refractivity contribution in [2.75, 3.05) is 33.2 Å². The molecule has 2 fully saturated rings. The second kappa shape index (κ2) is 5.21. The van der Waals surface area contributed by atoms with Crippen molar-refractivity contribution in [1.82, 2.24) is 25.5 Å². The molecule has 4 N–H and O–H groups in total. The zero-order chi connectivity index (χ0) is 16.0. The monoisotopic (exact) mass is 315 g/mol. The lowest BCUT2D eigenvalue weighted by Gasteiger charge is -2.26. The van der Waals surface area contributed by atoms with Gasteiger partial charge >= 0.3 is 5.69 Å². The van der Waals surface area contributed by atoms with Crippen LogP contribution in [0.2, 0.25) is 0 Å². The minimum atomic E-state index is -0.304. The van der Waals surface area contributed by atoms with Crippen LogP contribution in [0.5, 0.6) is 0 Å². The molecular weight excluding hydrogens is 294 g/mol. The summed E-state index contributed by atoms with van der Waals surface area (Å²) in [7, 11) is 2.07. The molecule has 4 rings (SSSR count). The van der Waals surface area contributed by atoms with Crippen LogP contribution in [0.1, 0.15) is 5.56 Å². The first kappa shape index (κ1) is 14.5. The lowest BCUT2D eigenvalue weighted by atomic mass is 9.80. The SMILES string of the molecule is CN1C[C@H]2CNC[C@@]2(C(=O)NCc2ccc3[nH]c(=O)[nH]c3c2)C1. The van der Waals surface area contributed by atoms with E-state index in [1.54, 1.807) is 0 Å². The van der Waals surface area contributed by atoms with Crippen molar-refractivity contribution in [2.24, 2.45) is 11.3 Å². The van der Waals surface area contributed by atoms with E-state index in [0.717, 1.165) is 42.8 Å². The third-order valence-electron chi connectivity index (χ3n) is 5.18. The van der Waals surface area contributed by atoms with E-state index >= 15 is 0 Å². The molecule has 1 amide bonds.